The quantitative estimate of drug-likeness (QED) is 0.784. The molecule has 2 amide bonds. The Kier molecular flexibility index (Phi) is 6.73. The minimum atomic E-state index is -0.339. The van der Waals surface area contributed by atoms with E-state index in [1.54, 1.807) is 4.90 Å². The summed E-state index contributed by atoms with van der Waals surface area (Å²) in [5, 5.41) is 11.7. The van der Waals surface area contributed by atoms with Gasteiger partial charge in [0.2, 0.25) is 11.8 Å². The first-order chi connectivity index (χ1) is 9.58. The van der Waals surface area contributed by atoms with Crippen LogP contribution in [0.2, 0.25) is 0 Å². The molecule has 0 bridgehead atoms. The molecule has 0 heterocycles. The van der Waals surface area contributed by atoms with Gasteiger partial charge in [0.1, 0.15) is 0 Å². The van der Waals surface area contributed by atoms with Gasteiger partial charge in [-0.2, -0.15) is 0 Å². The molecule has 5 nitrogen and oxygen atoms in total. The predicted molar refractivity (Wildman–Crippen MR) is 77.0 cm³/mol. The monoisotopic (exact) mass is 278 g/mol. The molecule has 110 valence electrons. The summed E-state index contributed by atoms with van der Waals surface area (Å²) >= 11 is 0. The van der Waals surface area contributed by atoms with Crippen molar-refractivity contribution in [1.29, 1.82) is 0 Å². The predicted octanol–water partition coefficient (Wildman–Crippen LogP) is 1.09. The molecule has 0 fully saturated rings. The van der Waals surface area contributed by atoms with E-state index < -0.39 is 0 Å². The van der Waals surface area contributed by atoms with Crippen LogP contribution in [0.15, 0.2) is 30.3 Å². The molecule has 1 aromatic rings. The van der Waals surface area contributed by atoms with E-state index in [-0.39, 0.29) is 30.9 Å². The van der Waals surface area contributed by atoms with E-state index in [1.807, 2.05) is 37.3 Å². The van der Waals surface area contributed by atoms with Crippen molar-refractivity contribution >= 4 is 11.8 Å². The van der Waals surface area contributed by atoms with Gasteiger partial charge in [0.25, 0.3) is 0 Å². The summed E-state index contributed by atoms with van der Waals surface area (Å²) in [5.74, 6) is -0.249. The number of carbonyl (C=O) groups excluding carboxylic acids is 2. The Hall–Kier alpha value is -1.88. The molecular formula is C15H22N2O3. The third-order valence-corrected chi connectivity index (χ3v) is 3.06. The zero-order chi connectivity index (χ0) is 15.0. The van der Waals surface area contributed by atoms with Gasteiger partial charge in [0.05, 0.1) is 19.1 Å². The van der Waals surface area contributed by atoms with Gasteiger partial charge >= 0.3 is 0 Å². The van der Waals surface area contributed by atoms with E-state index in [2.05, 4.69) is 5.32 Å². The molecule has 0 radical (unpaired) electrons. The minimum Gasteiger partial charge on any atom is -0.395 e. The van der Waals surface area contributed by atoms with Crippen LogP contribution in [0.5, 0.6) is 0 Å². The molecular weight excluding hydrogens is 256 g/mol. The summed E-state index contributed by atoms with van der Waals surface area (Å²) in [7, 11) is 0. The molecule has 0 saturated carbocycles. The lowest BCUT2D eigenvalue weighted by Gasteiger charge is -2.24. The molecule has 5 heteroatoms. The topological polar surface area (TPSA) is 69.6 Å². The molecule has 1 atom stereocenters. The van der Waals surface area contributed by atoms with Crippen LogP contribution in [-0.2, 0) is 9.59 Å². The summed E-state index contributed by atoms with van der Waals surface area (Å²) in [6.45, 7) is 4.10. The van der Waals surface area contributed by atoms with Crippen LogP contribution < -0.4 is 5.32 Å². The van der Waals surface area contributed by atoms with Crippen molar-refractivity contribution < 1.29 is 14.7 Å². The van der Waals surface area contributed by atoms with Crippen molar-refractivity contribution in [3.8, 4) is 0 Å². The van der Waals surface area contributed by atoms with Crippen molar-refractivity contribution in [1.82, 2.24) is 10.2 Å². The highest BCUT2D eigenvalue weighted by Gasteiger charge is 2.20. The van der Waals surface area contributed by atoms with E-state index in [1.165, 1.54) is 6.92 Å². The highest BCUT2D eigenvalue weighted by Crippen LogP contribution is 2.17. The Balaban J connectivity index is 2.79. The Labute approximate surface area is 119 Å². The van der Waals surface area contributed by atoms with Crippen LogP contribution in [0.3, 0.4) is 0 Å². The molecule has 1 aromatic carbocycles. The van der Waals surface area contributed by atoms with Gasteiger partial charge in [-0.15, -0.1) is 0 Å². The number of hydrogen-bond acceptors (Lipinski definition) is 3. The van der Waals surface area contributed by atoms with Gasteiger partial charge < -0.3 is 15.3 Å². The number of carbonyl (C=O) groups is 2. The van der Waals surface area contributed by atoms with Crippen molar-refractivity contribution in [3.05, 3.63) is 35.9 Å². The van der Waals surface area contributed by atoms with Crippen LogP contribution in [0.25, 0.3) is 0 Å². The first kappa shape index (κ1) is 16.2. The molecule has 0 aliphatic heterocycles. The number of nitrogens with zero attached hydrogens (tertiary/aromatic N) is 1. The van der Waals surface area contributed by atoms with Crippen LogP contribution in [0.1, 0.15) is 31.9 Å². The number of aliphatic hydroxyl groups is 1. The van der Waals surface area contributed by atoms with Gasteiger partial charge in [-0.1, -0.05) is 30.3 Å². The molecule has 1 unspecified atom stereocenters. The highest BCUT2D eigenvalue weighted by molar-refractivity contribution is 5.79. The lowest BCUT2D eigenvalue weighted by molar-refractivity contribution is -0.132. The summed E-state index contributed by atoms with van der Waals surface area (Å²) in [6.07, 6.45) is 0.192. The number of likely N-dealkylation sites (N-methyl/N-ethyl adjacent to an activating group) is 1. The second-order valence-corrected chi connectivity index (χ2v) is 4.56. The van der Waals surface area contributed by atoms with Gasteiger partial charge in [0.15, 0.2) is 0 Å². The molecule has 0 aliphatic rings. The molecule has 0 saturated heterocycles. The largest absolute Gasteiger partial charge is 0.395 e. The molecule has 0 aliphatic carbocycles. The number of aliphatic hydroxyl groups excluding tert-OH is 1. The second-order valence-electron chi connectivity index (χ2n) is 4.56. The fraction of sp³-hybridized carbons (Fsp3) is 0.467. The zero-order valence-corrected chi connectivity index (χ0v) is 12.0. The SMILES string of the molecule is CCN(CCO)C(=O)CC(NC(C)=O)c1ccccc1. The van der Waals surface area contributed by atoms with E-state index in [9.17, 15) is 9.59 Å². The fourth-order valence-corrected chi connectivity index (χ4v) is 2.07. The van der Waals surface area contributed by atoms with Gasteiger partial charge in [-0.05, 0) is 12.5 Å². The van der Waals surface area contributed by atoms with Crippen molar-refractivity contribution in [2.45, 2.75) is 26.3 Å². The molecule has 2 N–H and O–H groups in total. The number of nitrogens with one attached hydrogen (secondary N) is 1. The fourth-order valence-electron chi connectivity index (χ4n) is 2.07. The highest BCUT2D eigenvalue weighted by atomic mass is 16.3. The number of rotatable bonds is 7. The smallest absolute Gasteiger partial charge is 0.225 e. The zero-order valence-electron chi connectivity index (χ0n) is 12.0. The Morgan fingerprint density at radius 1 is 1.30 bits per heavy atom. The maximum Gasteiger partial charge on any atom is 0.225 e. The normalized spacial score (nSPS) is 11.8. The van der Waals surface area contributed by atoms with Gasteiger partial charge in [-0.3, -0.25) is 9.59 Å². The lowest BCUT2D eigenvalue weighted by Crippen LogP contribution is -2.37. The maximum absolute atomic E-state index is 12.2. The summed E-state index contributed by atoms with van der Waals surface area (Å²) in [6, 6.07) is 9.07. The minimum absolute atomic E-state index is 0.0598. The van der Waals surface area contributed by atoms with Crippen LogP contribution in [0.4, 0.5) is 0 Å². The number of amides is 2. The average molecular weight is 278 g/mol. The third kappa shape index (κ3) is 5.01. The lowest BCUT2D eigenvalue weighted by atomic mass is 10.0. The molecule has 0 spiro atoms. The summed E-state index contributed by atoms with van der Waals surface area (Å²) in [5.41, 5.74) is 0.899. The van der Waals surface area contributed by atoms with Crippen LogP contribution >= 0.6 is 0 Å². The summed E-state index contributed by atoms with van der Waals surface area (Å²) in [4.78, 5) is 25.1. The maximum atomic E-state index is 12.2. The molecule has 1 rings (SSSR count). The third-order valence-electron chi connectivity index (χ3n) is 3.06. The first-order valence-electron chi connectivity index (χ1n) is 6.79. The van der Waals surface area contributed by atoms with Crippen LogP contribution in [-0.4, -0.2) is 41.5 Å². The van der Waals surface area contributed by atoms with E-state index in [0.29, 0.717) is 13.1 Å². The van der Waals surface area contributed by atoms with E-state index in [4.69, 9.17) is 5.11 Å². The van der Waals surface area contributed by atoms with Crippen molar-refractivity contribution in [2.24, 2.45) is 0 Å². The number of hydrogen-bond donors (Lipinski definition) is 2. The Morgan fingerprint density at radius 3 is 2.45 bits per heavy atom. The molecule has 0 aromatic heterocycles. The Morgan fingerprint density at radius 2 is 1.95 bits per heavy atom. The average Bonchev–Trinajstić information content (AvgIpc) is 2.44. The van der Waals surface area contributed by atoms with E-state index >= 15 is 0 Å². The van der Waals surface area contributed by atoms with Crippen molar-refractivity contribution in [2.75, 3.05) is 19.7 Å². The summed E-state index contributed by atoms with van der Waals surface area (Å²) < 4.78 is 0. The second kappa shape index (κ2) is 8.32. The van der Waals surface area contributed by atoms with Gasteiger partial charge in [-0.25, -0.2) is 0 Å². The number of benzene rings is 1. The van der Waals surface area contributed by atoms with E-state index in [0.717, 1.165) is 5.56 Å². The first-order valence-corrected chi connectivity index (χ1v) is 6.79. The molecule has 20 heavy (non-hydrogen) atoms. The Bertz CT molecular complexity index is 434. The van der Waals surface area contributed by atoms with Gasteiger partial charge in [0, 0.05) is 20.0 Å². The van der Waals surface area contributed by atoms with Crippen molar-refractivity contribution in [3.63, 3.8) is 0 Å². The van der Waals surface area contributed by atoms with Crippen LogP contribution in [0, 0.1) is 0 Å². The standard InChI is InChI=1S/C15H22N2O3/c1-3-17(9-10-18)15(20)11-14(16-12(2)19)13-7-5-4-6-8-13/h4-8,14,18H,3,9-11H2,1-2H3,(H,16,19).